The molecule has 108 valence electrons. The minimum atomic E-state index is 0.0386. The van der Waals surface area contributed by atoms with Gasteiger partial charge in [-0.05, 0) is 29.8 Å². The summed E-state index contributed by atoms with van der Waals surface area (Å²) in [6.45, 7) is 1.53. The van der Waals surface area contributed by atoms with Crippen LogP contribution in [0.3, 0.4) is 0 Å². The van der Waals surface area contributed by atoms with Crippen LogP contribution in [0.15, 0.2) is 48.5 Å². The Morgan fingerprint density at radius 2 is 1.71 bits per heavy atom. The van der Waals surface area contributed by atoms with Crippen molar-refractivity contribution >= 4 is 28.9 Å². The van der Waals surface area contributed by atoms with Crippen LogP contribution in [0, 0.1) is 0 Å². The Hall–Kier alpha value is -2.00. The van der Waals surface area contributed by atoms with E-state index in [0.29, 0.717) is 18.0 Å². The van der Waals surface area contributed by atoms with Crippen LogP contribution >= 0.6 is 11.6 Å². The number of para-hydroxylation sites is 2. The van der Waals surface area contributed by atoms with E-state index in [4.69, 9.17) is 11.6 Å². The van der Waals surface area contributed by atoms with E-state index in [0.717, 1.165) is 23.5 Å². The molecule has 2 aromatic rings. The van der Waals surface area contributed by atoms with Gasteiger partial charge in [-0.25, -0.2) is 0 Å². The Bertz CT molecular complexity index is 654. The van der Waals surface area contributed by atoms with E-state index in [2.05, 4.69) is 11.9 Å². The van der Waals surface area contributed by atoms with Crippen LogP contribution in [0.25, 0.3) is 0 Å². The number of carbonyl (C=O) groups is 1. The van der Waals surface area contributed by atoms with Crippen LogP contribution in [0.5, 0.6) is 0 Å². The molecular weight excluding hydrogens is 284 g/mol. The van der Waals surface area contributed by atoms with Crippen molar-refractivity contribution in [3.8, 4) is 0 Å². The lowest BCUT2D eigenvalue weighted by molar-refractivity contribution is 0.0987. The molecule has 0 fully saturated rings. The van der Waals surface area contributed by atoms with Gasteiger partial charge in [0.1, 0.15) is 0 Å². The second-order valence-corrected chi connectivity index (χ2v) is 5.46. The Morgan fingerprint density at radius 3 is 2.38 bits per heavy atom. The lowest BCUT2D eigenvalue weighted by Crippen LogP contribution is -2.42. The lowest BCUT2D eigenvalue weighted by Gasteiger charge is -2.35. The molecule has 0 spiro atoms. The van der Waals surface area contributed by atoms with E-state index >= 15 is 0 Å². The zero-order chi connectivity index (χ0) is 14.8. The summed E-state index contributed by atoms with van der Waals surface area (Å²) in [5.74, 6) is 0.503. The maximum Gasteiger partial charge on any atom is 0.258 e. The number of hydrogen-bond donors (Lipinski definition) is 0. The molecule has 0 bridgehead atoms. The molecule has 0 radical (unpaired) electrons. The molecule has 1 aliphatic heterocycles. The molecule has 1 aliphatic rings. The summed E-state index contributed by atoms with van der Waals surface area (Å²) < 4.78 is 0. The molecule has 0 saturated carbocycles. The summed E-state index contributed by atoms with van der Waals surface area (Å²) in [6.07, 6.45) is 0. The number of benzene rings is 2. The first-order valence-corrected chi connectivity index (χ1v) is 7.51. The number of rotatable bonds is 2. The molecule has 1 heterocycles. The van der Waals surface area contributed by atoms with Crippen molar-refractivity contribution < 1.29 is 4.79 Å². The number of likely N-dealkylation sites (N-methyl/N-ethyl adjacent to an activating group) is 1. The number of fused-ring (bicyclic) bond motifs is 1. The predicted molar refractivity (Wildman–Crippen MR) is 87.4 cm³/mol. The first-order valence-electron chi connectivity index (χ1n) is 6.97. The molecular formula is C17H17ClN2O. The molecule has 0 unspecified atom stereocenters. The fraction of sp³-hybridized carbons (Fsp3) is 0.235. The smallest absolute Gasteiger partial charge is 0.258 e. The van der Waals surface area contributed by atoms with Gasteiger partial charge in [0.15, 0.2) is 0 Å². The maximum absolute atomic E-state index is 12.7. The number of anilines is 2. The quantitative estimate of drug-likeness (QED) is 0.792. The first kappa shape index (κ1) is 14.0. The normalized spacial score (nSPS) is 14.0. The summed E-state index contributed by atoms with van der Waals surface area (Å²) in [6, 6.07) is 15.5. The minimum absolute atomic E-state index is 0.0386. The largest absolute Gasteiger partial charge is 0.371 e. The van der Waals surface area contributed by atoms with Gasteiger partial charge < -0.3 is 9.80 Å². The highest BCUT2D eigenvalue weighted by molar-refractivity contribution is 6.17. The summed E-state index contributed by atoms with van der Waals surface area (Å²) in [7, 11) is 2.05. The van der Waals surface area contributed by atoms with Crippen molar-refractivity contribution in [2.75, 3.05) is 29.9 Å². The van der Waals surface area contributed by atoms with Crippen molar-refractivity contribution in [1.29, 1.82) is 0 Å². The van der Waals surface area contributed by atoms with E-state index in [1.165, 1.54) is 0 Å². The molecule has 21 heavy (non-hydrogen) atoms. The molecule has 1 amide bonds. The van der Waals surface area contributed by atoms with Crippen molar-refractivity contribution in [3.63, 3.8) is 0 Å². The molecule has 0 aromatic heterocycles. The molecule has 2 aromatic carbocycles. The van der Waals surface area contributed by atoms with Gasteiger partial charge in [-0.3, -0.25) is 4.79 Å². The van der Waals surface area contributed by atoms with Crippen LogP contribution in [0.2, 0.25) is 0 Å². The highest BCUT2D eigenvalue weighted by Gasteiger charge is 2.25. The topological polar surface area (TPSA) is 23.6 Å². The first-order chi connectivity index (χ1) is 10.2. The standard InChI is InChI=1S/C17H17ClN2O/c1-19-10-11-20(16-5-3-2-4-15(16)19)17(21)14-8-6-13(12-18)7-9-14/h2-9H,10-12H2,1H3. The fourth-order valence-electron chi connectivity index (χ4n) is 2.61. The SMILES string of the molecule is CN1CCN(C(=O)c2ccc(CCl)cc2)c2ccccc21. The maximum atomic E-state index is 12.7. The van der Waals surface area contributed by atoms with Gasteiger partial charge in [-0.1, -0.05) is 24.3 Å². The van der Waals surface area contributed by atoms with Crippen LogP contribution in [-0.2, 0) is 5.88 Å². The average molecular weight is 301 g/mol. The second-order valence-electron chi connectivity index (χ2n) is 5.20. The average Bonchev–Trinajstić information content (AvgIpc) is 2.55. The van der Waals surface area contributed by atoms with Gasteiger partial charge in [0.05, 0.1) is 11.4 Å². The third-order valence-corrected chi connectivity index (χ3v) is 4.15. The Kier molecular flexibility index (Phi) is 3.84. The third-order valence-electron chi connectivity index (χ3n) is 3.84. The van der Waals surface area contributed by atoms with Crippen LogP contribution < -0.4 is 9.80 Å². The van der Waals surface area contributed by atoms with Crippen molar-refractivity contribution in [2.45, 2.75) is 5.88 Å². The molecule has 4 heteroatoms. The molecule has 3 rings (SSSR count). The van der Waals surface area contributed by atoms with Gasteiger partial charge in [0, 0.05) is 31.6 Å². The van der Waals surface area contributed by atoms with Gasteiger partial charge in [0.25, 0.3) is 5.91 Å². The Morgan fingerprint density at radius 1 is 1.05 bits per heavy atom. The number of carbonyl (C=O) groups excluding carboxylic acids is 1. The van der Waals surface area contributed by atoms with Crippen molar-refractivity contribution in [3.05, 3.63) is 59.7 Å². The molecule has 0 saturated heterocycles. The molecule has 0 atom stereocenters. The zero-order valence-corrected chi connectivity index (χ0v) is 12.7. The van der Waals surface area contributed by atoms with Gasteiger partial charge in [-0.2, -0.15) is 0 Å². The monoisotopic (exact) mass is 300 g/mol. The van der Waals surface area contributed by atoms with Gasteiger partial charge in [-0.15, -0.1) is 11.6 Å². The van der Waals surface area contributed by atoms with Gasteiger partial charge >= 0.3 is 0 Å². The molecule has 0 N–H and O–H groups in total. The summed E-state index contributed by atoms with van der Waals surface area (Å²) in [4.78, 5) is 16.8. The lowest BCUT2D eigenvalue weighted by atomic mass is 10.1. The van der Waals surface area contributed by atoms with Crippen LogP contribution in [-0.4, -0.2) is 26.0 Å². The van der Waals surface area contributed by atoms with E-state index in [-0.39, 0.29) is 5.91 Å². The van der Waals surface area contributed by atoms with Gasteiger partial charge in [0.2, 0.25) is 0 Å². The number of alkyl halides is 1. The molecule has 3 nitrogen and oxygen atoms in total. The van der Waals surface area contributed by atoms with Crippen LogP contribution in [0.1, 0.15) is 15.9 Å². The Labute approximate surface area is 129 Å². The highest BCUT2D eigenvalue weighted by Crippen LogP contribution is 2.32. The number of nitrogens with zero attached hydrogens (tertiary/aromatic N) is 2. The van der Waals surface area contributed by atoms with E-state index in [9.17, 15) is 4.79 Å². The predicted octanol–water partition coefficient (Wildman–Crippen LogP) is 3.52. The summed E-state index contributed by atoms with van der Waals surface area (Å²) >= 11 is 5.79. The number of halogens is 1. The number of amides is 1. The molecule has 0 aliphatic carbocycles. The second kappa shape index (κ2) is 5.78. The van der Waals surface area contributed by atoms with E-state index in [1.54, 1.807) is 0 Å². The summed E-state index contributed by atoms with van der Waals surface area (Å²) in [5, 5.41) is 0. The third kappa shape index (κ3) is 2.61. The van der Waals surface area contributed by atoms with Crippen LogP contribution in [0.4, 0.5) is 11.4 Å². The highest BCUT2D eigenvalue weighted by atomic mass is 35.5. The van der Waals surface area contributed by atoms with E-state index < -0.39 is 0 Å². The minimum Gasteiger partial charge on any atom is -0.371 e. The number of hydrogen-bond acceptors (Lipinski definition) is 2. The van der Waals surface area contributed by atoms with Crippen molar-refractivity contribution in [2.24, 2.45) is 0 Å². The van der Waals surface area contributed by atoms with Crippen molar-refractivity contribution in [1.82, 2.24) is 0 Å². The Balaban J connectivity index is 1.93. The summed E-state index contributed by atoms with van der Waals surface area (Å²) in [5.41, 5.74) is 3.78. The zero-order valence-electron chi connectivity index (χ0n) is 11.9. The fourth-order valence-corrected chi connectivity index (χ4v) is 2.79. The van der Waals surface area contributed by atoms with E-state index in [1.807, 2.05) is 53.4 Å².